The Labute approximate surface area is 104 Å². The van der Waals surface area contributed by atoms with E-state index in [2.05, 4.69) is 39.7 Å². The summed E-state index contributed by atoms with van der Waals surface area (Å²) in [4.78, 5) is 1.50. The van der Waals surface area contributed by atoms with E-state index in [0.717, 1.165) is 12.5 Å². The Morgan fingerprint density at radius 3 is 2.88 bits per heavy atom. The molecule has 0 spiro atoms. The van der Waals surface area contributed by atoms with E-state index in [1.807, 2.05) is 11.3 Å². The normalized spacial score (nSPS) is 17.5. The maximum atomic E-state index is 3.70. The summed E-state index contributed by atoms with van der Waals surface area (Å²) in [5.74, 6) is 0.872. The fourth-order valence-corrected chi connectivity index (χ4v) is 3.58. The Morgan fingerprint density at radius 1 is 1.31 bits per heavy atom. The van der Waals surface area contributed by atoms with Gasteiger partial charge in [0.15, 0.2) is 0 Å². The molecule has 1 atom stereocenters. The molecule has 1 saturated carbocycles. The molecule has 0 bridgehead atoms. The van der Waals surface area contributed by atoms with Crippen LogP contribution in [-0.4, -0.2) is 0 Å². The fourth-order valence-electron chi connectivity index (χ4n) is 2.02. The molecule has 1 aliphatic carbocycles. The third-order valence-corrected chi connectivity index (χ3v) is 4.74. The van der Waals surface area contributed by atoms with Crippen molar-refractivity contribution in [3.8, 4) is 0 Å². The van der Waals surface area contributed by atoms with Crippen LogP contribution < -0.4 is 5.32 Å². The summed E-state index contributed by atoms with van der Waals surface area (Å²) in [5, 5.41) is 10.3. The van der Waals surface area contributed by atoms with E-state index in [1.165, 1.54) is 23.3 Å². The van der Waals surface area contributed by atoms with E-state index >= 15 is 0 Å². The first kappa shape index (κ1) is 10.5. The Kier molecular flexibility index (Phi) is 3.09. The van der Waals surface area contributed by atoms with Crippen LogP contribution in [-0.2, 0) is 6.54 Å². The van der Waals surface area contributed by atoms with Gasteiger partial charge in [0.05, 0.1) is 0 Å². The van der Waals surface area contributed by atoms with E-state index in [1.54, 1.807) is 11.3 Å². The number of hydrogen-bond acceptors (Lipinski definition) is 3. The predicted molar refractivity (Wildman–Crippen MR) is 70.9 cm³/mol. The monoisotopic (exact) mass is 249 g/mol. The van der Waals surface area contributed by atoms with Gasteiger partial charge in [0.1, 0.15) is 0 Å². The molecule has 0 saturated heterocycles. The molecule has 2 aromatic rings. The van der Waals surface area contributed by atoms with Crippen LogP contribution in [0.3, 0.4) is 0 Å². The number of thiophene rings is 2. The molecule has 0 amide bonds. The van der Waals surface area contributed by atoms with Crippen LogP contribution in [0.5, 0.6) is 0 Å². The molecule has 1 N–H and O–H groups in total. The van der Waals surface area contributed by atoms with Gasteiger partial charge in [-0.05, 0) is 52.6 Å². The smallest absolute Gasteiger partial charge is 0.0446 e. The van der Waals surface area contributed by atoms with E-state index < -0.39 is 0 Å². The molecule has 1 fully saturated rings. The van der Waals surface area contributed by atoms with Gasteiger partial charge in [-0.15, -0.1) is 11.3 Å². The quantitative estimate of drug-likeness (QED) is 0.843. The standard InChI is InChI=1S/C13H15NS2/c1-2-12(16-6-1)13(11-3-4-11)14-8-10-5-7-15-9-10/h1-2,5-7,9,11,13-14H,3-4,8H2. The molecule has 2 heterocycles. The third kappa shape index (κ3) is 2.37. The van der Waals surface area contributed by atoms with E-state index in [-0.39, 0.29) is 0 Å². The van der Waals surface area contributed by atoms with Crippen LogP contribution in [0.15, 0.2) is 34.3 Å². The second kappa shape index (κ2) is 4.70. The summed E-state index contributed by atoms with van der Waals surface area (Å²) >= 11 is 3.65. The van der Waals surface area contributed by atoms with Crippen molar-refractivity contribution in [1.82, 2.24) is 5.32 Å². The second-order valence-electron chi connectivity index (χ2n) is 4.34. The molecule has 3 heteroatoms. The molecular formula is C13H15NS2. The SMILES string of the molecule is c1csc(C(NCc2ccsc2)C2CC2)c1. The molecule has 0 radical (unpaired) electrons. The Hall–Kier alpha value is -0.640. The molecule has 0 aliphatic heterocycles. The fraction of sp³-hybridized carbons (Fsp3) is 0.385. The minimum Gasteiger partial charge on any atom is -0.305 e. The minimum absolute atomic E-state index is 0.583. The van der Waals surface area contributed by atoms with E-state index in [0.29, 0.717) is 6.04 Å². The largest absolute Gasteiger partial charge is 0.305 e. The number of nitrogens with one attached hydrogen (secondary N) is 1. The van der Waals surface area contributed by atoms with Crippen molar-refractivity contribution in [2.24, 2.45) is 5.92 Å². The summed E-state index contributed by atoms with van der Waals surface area (Å²) in [5.41, 5.74) is 1.41. The summed E-state index contributed by atoms with van der Waals surface area (Å²) < 4.78 is 0. The van der Waals surface area contributed by atoms with Gasteiger partial charge in [-0.2, -0.15) is 11.3 Å². The highest BCUT2D eigenvalue weighted by molar-refractivity contribution is 7.10. The van der Waals surface area contributed by atoms with Crippen molar-refractivity contribution >= 4 is 22.7 Å². The van der Waals surface area contributed by atoms with Crippen molar-refractivity contribution in [1.29, 1.82) is 0 Å². The van der Waals surface area contributed by atoms with Crippen molar-refractivity contribution < 1.29 is 0 Å². The molecule has 0 aromatic carbocycles. The van der Waals surface area contributed by atoms with Crippen LogP contribution in [0, 0.1) is 5.92 Å². The number of rotatable bonds is 5. The van der Waals surface area contributed by atoms with Crippen molar-refractivity contribution in [2.45, 2.75) is 25.4 Å². The van der Waals surface area contributed by atoms with E-state index in [4.69, 9.17) is 0 Å². The molecule has 1 aliphatic rings. The highest BCUT2D eigenvalue weighted by Gasteiger charge is 2.32. The Bertz CT molecular complexity index is 415. The first-order valence-corrected chi connectivity index (χ1v) is 7.53. The van der Waals surface area contributed by atoms with Gasteiger partial charge in [-0.1, -0.05) is 6.07 Å². The molecular weight excluding hydrogens is 234 g/mol. The lowest BCUT2D eigenvalue weighted by atomic mass is 10.1. The van der Waals surface area contributed by atoms with Gasteiger partial charge in [0, 0.05) is 17.5 Å². The third-order valence-electron chi connectivity index (χ3n) is 3.05. The topological polar surface area (TPSA) is 12.0 Å². The highest BCUT2D eigenvalue weighted by Crippen LogP contribution is 2.42. The van der Waals surface area contributed by atoms with Gasteiger partial charge in [-0.3, -0.25) is 0 Å². The zero-order chi connectivity index (χ0) is 10.8. The lowest BCUT2D eigenvalue weighted by molar-refractivity contribution is 0.488. The molecule has 1 unspecified atom stereocenters. The summed E-state index contributed by atoms with van der Waals surface area (Å²) in [6.07, 6.45) is 2.78. The summed E-state index contributed by atoms with van der Waals surface area (Å²) in [7, 11) is 0. The average Bonchev–Trinajstić information content (AvgIpc) is 2.83. The van der Waals surface area contributed by atoms with Crippen molar-refractivity contribution in [2.75, 3.05) is 0 Å². The van der Waals surface area contributed by atoms with Crippen molar-refractivity contribution in [3.05, 3.63) is 44.8 Å². The highest BCUT2D eigenvalue weighted by atomic mass is 32.1. The maximum Gasteiger partial charge on any atom is 0.0446 e. The molecule has 84 valence electrons. The molecule has 2 aromatic heterocycles. The molecule has 1 nitrogen and oxygen atoms in total. The average molecular weight is 249 g/mol. The van der Waals surface area contributed by atoms with Gasteiger partial charge < -0.3 is 5.32 Å². The Morgan fingerprint density at radius 2 is 2.25 bits per heavy atom. The summed E-state index contributed by atoms with van der Waals surface area (Å²) in [6, 6.07) is 7.20. The van der Waals surface area contributed by atoms with Gasteiger partial charge in [-0.25, -0.2) is 0 Å². The van der Waals surface area contributed by atoms with E-state index in [9.17, 15) is 0 Å². The zero-order valence-corrected chi connectivity index (χ0v) is 10.7. The zero-order valence-electron chi connectivity index (χ0n) is 9.06. The molecule has 16 heavy (non-hydrogen) atoms. The maximum absolute atomic E-state index is 3.70. The second-order valence-corrected chi connectivity index (χ2v) is 6.10. The summed E-state index contributed by atoms with van der Waals surface area (Å²) in [6.45, 7) is 1.00. The van der Waals surface area contributed by atoms with Gasteiger partial charge in [0.2, 0.25) is 0 Å². The van der Waals surface area contributed by atoms with Crippen LogP contribution in [0.25, 0.3) is 0 Å². The van der Waals surface area contributed by atoms with Crippen LogP contribution in [0.2, 0.25) is 0 Å². The first-order valence-electron chi connectivity index (χ1n) is 5.71. The Balaban J connectivity index is 1.66. The lowest BCUT2D eigenvalue weighted by Crippen LogP contribution is -2.21. The lowest BCUT2D eigenvalue weighted by Gasteiger charge is -2.16. The predicted octanol–water partition coefficient (Wildman–Crippen LogP) is 4.05. The van der Waals surface area contributed by atoms with Crippen LogP contribution in [0.4, 0.5) is 0 Å². The van der Waals surface area contributed by atoms with Crippen molar-refractivity contribution in [3.63, 3.8) is 0 Å². The first-order chi connectivity index (χ1) is 7.93. The minimum atomic E-state index is 0.583. The molecule has 3 rings (SSSR count). The van der Waals surface area contributed by atoms with Crippen LogP contribution >= 0.6 is 22.7 Å². The van der Waals surface area contributed by atoms with Crippen LogP contribution in [0.1, 0.15) is 29.3 Å². The van der Waals surface area contributed by atoms with Gasteiger partial charge in [0.25, 0.3) is 0 Å². The van der Waals surface area contributed by atoms with Gasteiger partial charge >= 0.3 is 0 Å². The number of hydrogen-bond donors (Lipinski definition) is 1.